The number of rotatable bonds is 5. The van der Waals surface area contributed by atoms with Gasteiger partial charge in [-0.2, -0.15) is 0 Å². The summed E-state index contributed by atoms with van der Waals surface area (Å²) in [5.74, 6) is 1.43. The fraction of sp³-hybridized carbons (Fsp3) is 0.381. The van der Waals surface area contributed by atoms with Crippen LogP contribution in [-0.4, -0.2) is 21.9 Å². The fourth-order valence-corrected chi connectivity index (χ4v) is 5.07. The Hall–Kier alpha value is -2.12. The van der Waals surface area contributed by atoms with E-state index < -0.39 is 0 Å². The lowest BCUT2D eigenvalue weighted by Crippen LogP contribution is -2.15. The van der Waals surface area contributed by atoms with E-state index in [0.29, 0.717) is 11.1 Å². The van der Waals surface area contributed by atoms with E-state index in [4.69, 9.17) is 4.42 Å². The van der Waals surface area contributed by atoms with Crippen molar-refractivity contribution in [1.82, 2.24) is 10.2 Å². The lowest BCUT2D eigenvalue weighted by Gasteiger charge is -2.16. The van der Waals surface area contributed by atoms with Gasteiger partial charge in [0.2, 0.25) is 5.91 Å². The Morgan fingerprint density at radius 2 is 2.21 bits per heavy atom. The highest BCUT2D eigenvalue weighted by Gasteiger charge is 2.21. The molecule has 0 unspecified atom stereocenters. The lowest BCUT2D eigenvalue weighted by atomic mass is 9.90. The molecule has 7 heteroatoms. The van der Waals surface area contributed by atoms with Crippen LogP contribution in [0.4, 0.5) is 5.69 Å². The minimum atomic E-state index is -0.0842. The summed E-state index contributed by atoms with van der Waals surface area (Å²) in [6, 6.07) is 8.07. The number of thioether (sulfide) groups is 1. The monoisotopic (exact) mass is 413 g/mol. The molecule has 1 N–H and O–H groups in total. The molecule has 0 bridgehead atoms. The van der Waals surface area contributed by atoms with Gasteiger partial charge in [-0.3, -0.25) is 4.79 Å². The molecule has 146 valence electrons. The molecule has 1 aromatic carbocycles. The van der Waals surface area contributed by atoms with Gasteiger partial charge in [0.1, 0.15) is 0 Å². The van der Waals surface area contributed by atoms with Gasteiger partial charge >= 0.3 is 0 Å². The van der Waals surface area contributed by atoms with Crippen LogP contribution in [0, 0.1) is 19.8 Å². The molecule has 1 aliphatic rings. The molecule has 1 amide bonds. The van der Waals surface area contributed by atoms with E-state index in [-0.39, 0.29) is 11.7 Å². The molecule has 0 saturated heterocycles. The number of nitrogens with one attached hydrogen (secondary N) is 1. The number of aryl methyl sites for hydroxylation is 2. The largest absolute Gasteiger partial charge is 0.410 e. The van der Waals surface area contributed by atoms with Gasteiger partial charge in [-0.1, -0.05) is 30.8 Å². The van der Waals surface area contributed by atoms with Crippen LogP contribution in [-0.2, 0) is 17.6 Å². The SMILES string of the molecule is Cc1cccc(NC(=O)CSc2nnc(-c3cc4c(s3)CC[C@H](C)C4)o2)c1C. The predicted octanol–water partition coefficient (Wildman–Crippen LogP) is 5.27. The number of thiophene rings is 1. The van der Waals surface area contributed by atoms with Crippen LogP contribution in [0.2, 0.25) is 0 Å². The van der Waals surface area contributed by atoms with Gasteiger partial charge in [0.25, 0.3) is 11.1 Å². The van der Waals surface area contributed by atoms with Crippen molar-refractivity contribution in [2.75, 3.05) is 11.1 Å². The van der Waals surface area contributed by atoms with Gasteiger partial charge in [-0.05, 0) is 67.9 Å². The third kappa shape index (κ3) is 4.15. The van der Waals surface area contributed by atoms with Crippen molar-refractivity contribution in [2.24, 2.45) is 5.92 Å². The Balaban J connectivity index is 1.37. The zero-order chi connectivity index (χ0) is 19.7. The second-order valence-electron chi connectivity index (χ2n) is 7.36. The van der Waals surface area contributed by atoms with Crippen molar-refractivity contribution in [3.63, 3.8) is 0 Å². The number of fused-ring (bicyclic) bond motifs is 1. The van der Waals surface area contributed by atoms with Crippen molar-refractivity contribution in [1.29, 1.82) is 0 Å². The second kappa shape index (κ2) is 8.09. The van der Waals surface area contributed by atoms with E-state index in [0.717, 1.165) is 40.5 Å². The predicted molar refractivity (Wildman–Crippen MR) is 114 cm³/mol. The van der Waals surface area contributed by atoms with E-state index in [2.05, 4.69) is 28.5 Å². The Morgan fingerprint density at radius 1 is 1.36 bits per heavy atom. The van der Waals surface area contributed by atoms with Gasteiger partial charge in [0, 0.05) is 10.6 Å². The van der Waals surface area contributed by atoms with Crippen LogP contribution in [0.3, 0.4) is 0 Å². The van der Waals surface area contributed by atoms with Gasteiger partial charge in [0.05, 0.1) is 10.6 Å². The van der Waals surface area contributed by atoms with Crippen LogP contribution in [0.5, 0.6) is 0 Å². The molecular weight excluding hydrogens is 390 g/mol. The van der Waals surface area contributed by atoms with E-state index in [1.54, 1.807) is 11.3 Å². The quantitative estimate of drug-likeness (QED) is 0.577. The maximum Gasteiger partial charge on any atom is 0.277 e. The molecule has 0 fully saturated rings. The first-order valence-corrected chi connectivity index (χ1v) is 11.2. The van der Waals surface area contributed by atoms with Crippen molar-refractivity contribution in [2.45, 2.75) is 45.3 Å². The highest BCUT2D eigenvalue weighted by Crippen LogP contribution is 2.37. The minimum absolute atomic E-state index is 0.0842. The van der Waals surface area contributed by atoms with Gasteiger partial charge in [0.15, 0.2) is 0 Å². The molecule has 1 aliphatic carbocycles. The number of aromatic nitrogens is 2. The topological polar surface area (TPSA) is 68.0 Å². The fourth-order valence-electron chi connectivity index (χ4n) is 3.38. The zero-order valence-electron chi connectivity index (χ0n) is 16.2. The van der Waals surface area contributed by atoms with Gasteiger partial charge in [-0.25, -0.2) is 0 Å². The molecule has 2 heterocycles. The number of benzene rings is 1. The first kappa shape index (κ1) is 19.2. The molecule has 3 aromatic rings. The van der Waals surface area contributed by atoms with Crippen molar-refractivity contribution < 1.29 is 9.21 Å². The average molecular weight is 414 g/mol. The maximum atomic E-state index is 12.3. The molecule has 2 aromatic heterocycles. The number of nitrogens with zero attached hydrogens (tertiary/aromatic N) is 2. The average Bonchev–Trinajstić information content (AvgIpc) is 3.30. The Kier molecular flexibility index (Phi) is 5.55. The van der Waals surface area contributed by atoms with E-state index >= 15 is 0 Å². The second-order valence-corrected chi connectivity index (χ2v) is 9.43. The zero-order valence-corrected chi connectivity index (χ0v) is 17.9. The van der Waals surface area contributed by atoms with Crippen LogP contribution in [0.1, 0.15) is 34.9 Å². The summed E-state index contributed by atoms with van der Waals surface area (Å²) >= 11 is 3.01. The standard InChI is InChI=1S/C21H23N3O2S2/c1-12-7-8-17-15(9-12)10-18(28-17)20-23-24-21(26-20)27-11-19(25)22-16-6-4-5-13(2)14(16)3/h4-6,10,12H,7-9,11H2,1-3H3,(H,22,25)/t12-/m0/s1. The van der Waals surface area contributed by atoms with Crippen molar-refractivity contribution in [3.05, 3.63) is 45.8 Å². The summed E-state index contributed by atoms with van der Waals surface area (Å²) in [7, 11) is 0. The summed E-state index contributed by atoms with van der Waals surface area (Å²) in [6.45, 7) is 6.33. The Bertz CT molecular complexity index is 1010. The number of anilines is 1. The minimum Gasteiger partial charge on any atom is -0.410 e. The van der Waals surface area contributed by atoms with Crippen LogP contribution in [0.25, 0.3) is 10.8 Å². The number of hydrogen-bond donors (Lipinski definition) is 1. The molecule has 28 heavy (non-hydrogen) atoms. The summed E-state index contributed by atoms with van der Waals surface area (Å²) in [5.41, 5.74) is 4.49. The maximum absolute atomic E-state index is 12.3. The number of hydrogen-bond acceptors (Lipinski definition) is 6. The molecule has 0 aliphatic heterocycles. The van der Waals surface area contributed by atoms with E-state index in [1.807, 2.05) is 32.0 Å². The summed E-state index contributed by atoms with van der Waals surface area (Å²) in [5, 5.41) is 11.6. The van der Waals surface area contributed by atoms with Gasteiger partial charge in [-0.15, -0.1) is 21.5 Å². The molecular formula is C21H23N3O2S2. The molecule has 5 nitrogen and oxygen atoms in total. The third-order valence-corrected chi connectivity index (χ3v) is 7.20. The van der Waals surface area contributed by atoms with E-state index in [9.17, 15) is 4.79 Å². The van der Waals surface area contributed by atoms with Crippen LogP contribution in [0.15, 0.2) is 33.9 Å². The highest BCUT2D eigenvalue weighted by atomic mass is 32.2. The summed E-state index contributed by atoms with van der Waals surface area (Å²) < 4.78 is 5.79. The van der Waals surface area contributed by atoms with Gasteiger partial charge < -0.3 is 9.73 Å². The molecule has 4 rings (SSSR count). The van der Waals surface area contributed by atoms with Crippen LogP contribution < -0.4 is 5.32 Å². The van der Waals surface area contributed by atoms with Crippen LogP contribution >= 0.6 is 23.1 Å². The third-order valence-electron chi connectivity index (χ3n) is 5.15. The Morgan fingerprint density at radius 3 is 3.07 bits per heavy atom. The molecule has 0 radical (unpaired) electrons. The highest BCUT2D eigenvalue weighted by molar-refractivity contribution is 7.99. The summed E-state index contributed by atoms with van der Waals surface area (Å²) in [4.78, 5) is 14.7. The number of carbonyl (C=O) groups is 1. The normalized spacial score (nSPS) is 16.0. The molecule has 1 atom stereocenters. The van der Waals surface area contributed by atoms with E-state index in [1.165, 1.54) is 28.6 Å². The van der Waals surface area contributed by atoms with Crippen molar-refractivity contribution >= 4 is 34.7 Å². The molecule has 0 saturated carbocycles. The smallest absolute Gasteiger partial charge is 0.277 e. The van der Waals surface area contributed by atoms with Crippen molar-refractivity contribution in [3.8, 4) is 10.8 Å². The first-order valence-electron chi connectivity index (χ1n) is 9.44. The number of amides is 1. The summed E-state index contributed by atoms with van der Waals surface area (Å²) in [6.07, 6.45) is 3.50. The first-order chi connectivity index (χ1) is 13.5. The lowest BCUT2D eigenvalue weighted by molar-refractivity contribution is -0.113. The Labute approximate surface area is 173 Å². The molecule has 0 spiro atoms. The number of carbonyl (C=O) groups excluding carboxylic acids is 1.